The second-order valence-electron chi connectivity index (χ2n) is 9.23. The Labute approximate surface area is 241 Å². The highest BCUT2D eigenvalue weighted by Gasteiger charge is 2.38. The summed E-state index contributed by atoms with van der Waals surface area (Å²) >= 11 is 0. The van der Waals surface area contributed by atoms with Crippen LogP contribution in [-0.2, 0) is 47.7 Å². The molecule has 0 aromatic carbocycles. The zero-order valence-corrected chi connectivity index (χ0v) is 23.6. The van der Waals surface area contributed by atoms with Gasteiger partial charge >= 0.3 is 23.9 Å². The monoisotopic (exact) mass is 572 g/mol. The van der Waals surface area contributed by atoms with Gasteiger partial charge in [-0.1, -0.05) is 52.5 Å². The van der Waals surface area contributed by atoms with Crippen molar-refractivity contribution in [1.82, 2.24) is 0 Å². The fraction of sp³-hybridized carbons (Fsp3) is 0.387. The lowest BCUT2D eigenvalue weighted by Gasteiger charge is -2.36. The predicted molar refractivity (Wildman–Crippen MR) is 153 cm³/mol. The maximum absolute atomic E-state index is 12.1. The Morgan fingerprint density at radius 2 is 0.854 bits per heavy atom. The quantitative estimate of drug-likeness (QED) is 0.0542. The Morgan fingerprint density at radius 1 is 0.488 bits per heavy atom. The van der Waals surface area contributed by atoms with Crippen molar-refractivity contribution < 1.29 is 47.7 Å². The second-order valence-corrected chi connectivity index (χ2v) is 9.23. The summed E-state index contributed by atoms with van der Waals surface area (Å²) < 4.78 is 27.0. The van der Waals surface area contributed by atoms with E-state index in [0.717, 1.165) is 24.3 Å². The standard InChI is InChI=1S/C31H40O10/c1-8-24(7)37-19-30(18-15-25(32)9-2,20-38-26(33)10-3)16-14-17-31(21-39-27(34)11-4,22-40-28(35)12-5)23-41-29(36)13-6/h8-13H,1-7,14-23H2. The molecule has 0 spiro atoms. The van der Waals surface area contributed by atoms with E-state index in [1.54, 1.807) is 0 Å². The Hall–Kier alpha value is -4.47. The van der Waals surface area contributed by atoms with Gasteiger partial charge in [-0.15, -0.1) is 0 Å². The number of ether oxygens (including phenoxy) is 5. The maximum atomic E-state index is 12.1. The largest absolute Gasteiger partial charge is 0.494 e. The number of esters is 4. The van der Waals surface area contributed by atoms with E-state index in [9.17, 15) is 24.0 Å². The van der Waals surface area contributed by atoms with E-state index in [-0.39, 0.29) is 63.8 Å². The molecule has 0 radical (unpaired) electrons. The number of allylic oxidation sites excluding steroid dienone is 2. The smallest absolute Gasteiger partial charge is 0.330 e. The minimum absolute atomic E-state index is 0.0159. The van der Waals surface area contributed by atoms with Crippen molar-refractivity contribution in [2.75, 3.05) is 33.0 Å². The molecule has 0 saturated heterocycles. The van der Waals surface area contributed by atoms with Crippen LogP contribution < -0.4 is 0 Å². The molecule has 1 atom stereocenters. The van der Waals surface area contributed by atoms with Gasteiger partial charge in [-0.3, -0.25) is 4.79 Å². The zero-order chi connectivity index (χ0) is 31.3. The minimum atomic E-state index is -1.18. The first kappa shape index (κ1) is 36.5. The van der Waals surface area contributed by atoms with Crippen LogP contribution in [0.25, 0.3) is 0 Å². The molecule has 0 heterocycles. The summed E-state index contributed by atoms with van der Waals surface area (Å²) in [4.78, 5) is 59.8. The fourth-order valence-corrected chi connectivity index (χ4v) is 3.56. The molecule has 0 aliphatic carbocycles. The normalized spacial score (nSPS) is 11.8. The molecule has 0 aromatic heterocycles. The molecule has 0 N–H and O–H groups in total. The van der Waals surface area contributed by atoms with E-state index in [0.29, 0.717) is 12.8 Å². The number of hydrogen-bond acceptors (Lipinski definition) is 10. The van der Waals surface area contributed by atoms with Crippen molar-refractivity contribution >= 4 is 29.7 Å². The van der Waals surface area contributed by atoms with Crippen LogP contribution in [-0.4, -0.2) is 62.7 Å². The van der Waals surface area contributed by atoms with E-state index in [1.807, 2.05) is 0 Å². The fourth-order valence-electron chi connectivity index (χ4n) is 3.56. The molecule has 41 heavy (non-hydrogen) atoms. The van der Waals surface area contributed by atoms with Crippen molar-refractivity contribution in [1.29, 1.82) is 0 Å². The van der Waals surface area contributed by atoms with Gasteiger partial charge < -0.3 is 23.7 Å². The van der Waals surface area contributed by atoms with Crippen LogP contribution in [0.2, 0.25) is 0 Å². The van der Waals surface area contributed by atoms with Crippen LogP contribution in [0.3, 0.4) is 0 Å². The van der Waals surface area contributed by atoms with Gasteiger partial charge in [0, 0.05) is 36.1 Å². The summed E-state index contributed by atoms with van der Waals surface area (Å²) in [5.41, 5.74) is -2.07. The lowest BCUT2D eigenvalue weighted by molar-refractivity contribution is -0.156. The average molecular weight is 573 g/mol. The van der Waals surface area contributed by atoms with Crippen LogP contribution in [0.1, 0.15) is 32.1 Å². The summed E-state index contributed by atoms with van der Waals surface area (Å²) in [6.07, 6.45) is 7.72. The lowest BCUT2D eigenvalue weighted by Crippen LogP contribution is -2.40. The van der Waals surface area contributed by atoms with Gasteiger partial charge in [-0.25, -0.2) is 19.2 Å². The Balaban J connectivity index is 6.30. The maximum Gasteiger partial charge on any atom is 0.330 e. The molecular formula is C31H40O10. The number of rotatable bonds is 24. The first-order chi connectivity index (χ1) is 19.4. The molecule has 1 unspecified atom stereocenters. The van der Waals surface area contributed by atoms with Crippen LogP contribution in [0.4, 0.5) is 0 Å². The molecular weight excluding hydrogens is 532 g/mol. The third-order valence-corrected chi connectivity index (χ3v) is 6.08. The lowest BCUT2D eigenvalue weighted by atomic mass is 9.76. The third kappa shape index (κ3) is 15.0. The van der Waals surface area contributed by atoms with E-state index in [1.165, 1.54) is 12.2 Å². The van der Waals surface area contributed by atoms with E-state index >= 15 is 0 Å². The molecule has 224 valence electrons. The third-order valence-electron chi connectivity index (χ3n) is 6.08. The number of hydrogen-bond donors (Lipinski definition) is 0. The molecule has 0 amide bonds. The van der Waals surface area contributed by atoms with Crippen molar-refractivity contribution in [3.8, 4) is 0 Å². The summed E-state index contributed by atoms with van der Waals surface area (Å²) in [5.74, 6) is -2.80. The number of carbonyl (C=O) groups is 5. The van der Waals surface area contributed by atoms with Gasteiger partial charge in [0.2, 0.25) is 0 Å². The molecule has 0 fully saturated rings. The van der Waals surface area contributed by atoms with E-state index in [2.05, 4.69) is 46.1 Å². The molecule has 0 aliphatic rings. The van der Waals surface area contributed by atoms with E-state index in [4.69, 9.17) is 23.7 Å². The Morgan fingerprint density at radius 3 is 1.22 bits per heavy atom. The zero-order valence-electron chi connectivity index (χ0n) is 23.6. The SMILES string of the molecule is C=CC(=C)OCC(CCCC(COC(=O)C=C)(COC(=O)C=C)COC(=O)C=C)(CCC(=O)C=C)COC(=O)C=C. The first-order valence-corrected chi connectivity index (χ1v) is 12.7. The van der Waals surface area contributed by atoms with Crippen LogP contribution in [0.5, 0.6) is 0 Å². The van der Waals surface area contributed by atoms with Crippen LogP contribution in [0.15, 0.2) is 88.3 Å². The van der Waals surface area contributed by atoms with Gasteiger partial charge in [0.15, 0.2) is 5.78 Å². The van der Waals surface area contributed by atoms with Crippen molar-refractivity contribution in [3.05, 3.63) is 88.3 Å². The average Bonchev–Trinajstić information content (AvgIpc) is 3.00. The Bertz CT molecular complexity index is 820. The van der Waals surface area contributed by atoms with Gasteiger partial charge in [0.1, 0.15) is 32.2 Å². The highest BCUT2D eigenvalue weighted by molar-refractivity contribution is 5.89. The molecule has 0 bridgehead atoms. The van der Waals surface area contributed by atoms with Crippen molar-refractivity contribution in [3.63, 3.8) is 0 Å². The highest BCUT2D eigenvalue weighted by Crippen LogP contribution is 2.36. The molecule has 10 nitrogen and oxygen atoms in total. The van der Waals surface area contributed by atoms with Gasteiger partial charge in [-0.2, -0.15) is 0 Å². The number of ketones is 1. The highest BCUT2D eigenvalue weighted by atomic mass is 16.6. The number of carbonyl (C=O) groups excluding carboxylic acids is 5. The molecule has 10 heteroatoms. The van der Waals surface area contributed by atoms with E-state index < -0.39 is 34.7 Å². The van der Waals surface area contributed by atoms with Gasteiger partial charge in [0.25, 0.3) is 0 Å². The van der Waals surface area contributed by atoms with Gasteiger partial charge in [0.05, 0.1) is 12.0 Å². The van der Waals surface area contributed by atoms with Crippen molar-refractivity contribution in [2.45, 2.75) is 32.1 Å². The molecule has 0 rings (SSSR count). The topological polar surface area (TPSA) is 132 Å². The summed E-state index contributed by atoms with van der Waals surface area (Å²) in [6.45, 7) is 23.4. The molecule has 0 aromatic rings. The summed E-state index contributed by atoms with van der Waals surface area (Å²) in [5, 5.41) is 0. The van der Waals surface area contributed by atoms with Crippen molar-refractivity contribution in [2.24, 2.45) is 10.8 Å². The molecule has 0 aliphatic heterocycles. The summed E-state index contributed by atoms with van der Waals surface area (Å²) in [6, 6.07) is 0. The summed E-state index contributed by atoms with van der Waals surface area (Å²) in [7, 11) is 0. The Kier molecular flexibility index (Phi) is 17.4. The molecule has 0 saturated carbocycles. The predicted octanol–water partition coefficient (Wildman–Crippen LogP) is 4.30. The minimum Gasteiger partial charge on any atom is -0.494 e. The van der Waals surface area contributed by atoms with Gasteiger partial charge in [-0.05, 0) is 31.4 Å². The van der Waals surface area contributed by atoms with Crippen LogP contribution >= 0.6 is 0 Å². The van der Waals surface area contributed by atoms with Crippen LogP contribution in [0, 0.1) is 10.8 Å². The second kappa shape index (κ2) is 19.6. The first-order valence-electron chi connectivity index (χ1n) is 12.7.